The van der Waals surface area contributed by atoms with E-state index in [9.17, 15) is 0 Å². The highest BCUT2D eigenvalue weighted by atomic mass is 14.9. The van der Waals surface area contributed by atoms with Gasteiger partial charge in [0.25, 0.3) is 0 Å². The van der Waals surface area contributed by atoms with E-state index >= 15 is 0 Å². The fraction of sp³-hybridized carbons (Fsp3) is 0.750. The first-order chi connectivity index (χ1) is 5.35. The molecule has 0 heterocycles. The molecule has 0 aliphatic carbocycles. The summed E-state index contributed by atoms with van der Waals surface area (Å²) in [5.74, 6) is 0. The van der Waals surface area contributed by atoms with Crippen molar-refractivity contribution in [2.45, 2.75) is 32.2 Å². The Morgan fingerprint density at radius 3 is 2.64 bits per heavy atom. The third kappa shape index (κ3) is 5.39. The quantitative estimate of drug-likeness (QED) is 0.600. The Kier molecular flexibility index (Phi) is 6.37. The maximum absolute atomic E-state index is 8.51. The molecule has 3 nitrogen and oxygen atoms in total. The molecule has 1 atom stereocenters. The molecule has 3 heteroatoms. The van der Waals surface area contributed by atoms with Crippen LogP contribution in [0.5, 0.6) is 0 Å². The topological polar surface area (TPSA) is 59.6 Å². The summed E-state index contributed by atoms with van der Waals surface area (Å²) in [6, 6.07) is 4.14. The maximum atomic E-state index is 8.51. The van der Waals surface area contributed by atoms with Crippen molar-refractivity contribution in [2.75, 3.05) is 6.54 Å². The van der Waals surface area contributed by atoms with Crippen LogP contribution < -0.4 is 5.32 Å². The zero-order valence-corrected chi connectivity index (χ0v) is 6.80. The van der Waals surface area contributed by atoms with Crippen molar-refractivity contribution in [2.24, 2.45) is 0 Å². The minimum atomic E-state index is -0.0475. The van der Waals surface area contributed by atoms with Crippen LogP contribution in [0.25, 0.3) is 0 Å². The highest BCUT2D eigenvalue weighted by Crippen LogP contribution is 1.89. The molecule has 60 valence electrons. The van der Waals surface area contributed by atoms with Crippen molar-refractivity contribution in [1.82, 2.24) is 5.32 Å². The number of nitrogens with one attached hydrogen (secondary N) is 1. The van der Waals surface area contributed by atoms with Crippen LogP contribution >= 0.6 is 0 Å². The summed E-state index contributed by atoms with van der Waals surface area (Å²) >= 11 is 0. The number of unbranched alkanes of at least 4 members (excludes halogenated alkanes) is 1. The summed E-state index contributed by atoms with van der Waals surface area (Å²) in [6.07, 6.45) is 2.21. The third-order valence-electron chi connectivity index (χ3n) is 1.42. The second kappa shape index (κ2) is 7.05. The SMILES string of the molecule is CCC(C#N)NCCCC#N. The molecule has 0 aliphatic rings. The second-order valence-electron chi connectivity index (χ2n) is 2.31. The van der Waals surface area contributed by atoms with Crippen molar-refractivity contribution in [3.05, 3.63) is 0 Å². The van der Waals surface area contributed by atoms with E-state index in [2.05, 4.69) is 17.5 Å². The third-order valence-corrected chi connectivity index (χ3v) is 1.42. The van der Waals surface area contributed by atoms with Crippen LogP contribution in [0, 0.1) is 22.7 Å². The van der Waals surface area contributed by atoms with Gasteiger partial charge in [0.15, 0.2) is 0 Å². The van der Waals surface area contributed by atoms with Gasteiger partial charge in [0, 0.05) is 6.42 Å². The van der Waals surface area contributed by atoms with Crippen molar-refractivity contribution in [1.29, 1.82) is 10.5 Å². The predicted molar refractivity (Wildman–Crippen MR) is 42.5 cm³/mol. The molecule has 0 saturated heterocycles. The molecular formula is C8H13N3. The summed E-state index contributed by atoms with van der Waals surface area (Å²) in [5.41, 5.74) is 0. The standard InChI is InChI=1S/C8H13N3/c1-2-8(7-10)11-6-4-3-5-9/h8,11H,2-4,6H2,1H3. The summed E-state index contributed by atoms with van der Waals surface area (Å²) in [6.45, 7) is 2.73. The lowest BCUT2D eigenvalue weighted by molar-refractivity contribution is 0.574. The molecule has 0 aliphatic heterocycles. The zero-order valence-electron chi connectivity index (χ0n) is 6.80. The van der Waals surface area contributed by atoms with E-state index in [0.29, 0.717) is 6.42 Å². The highest BCUT2D eigenvalue weighted by Gasteiger charge is 2.00. The van der Waals surface area contributed by atoms with E-state index in [1.807, 2.05) is 6.92 Å². The van der Waals surface area contributed by atoms with Gasteiger partial charge in [-0.15, -0.1) is 0 Å². The molecule has 11 heavy (non-hydrogen) atoms. The van der Waals surface area contributed by atoms with Crippen LogP contribution in [0.4, 0.5) is 0 Å². The first-order valence-corrected chi connectivity index (χ1v) is 3.85. The van der Waals surface area contributed by atoms with Gasteiger partial charge in [-0.1, -0.05) is 6.92 Å². The highest BCUT2D eigenvalue weighted by molar-refractivity contribution is 4.88. The summed E-state index contributed by atoms with van der Waals surface area (Å²) in [5, 5.41) is 19.7. The summed E-state index contributed by atoms with van der Waals surface area (Å²) in [7, 11) is 0. The molecule has 0 aromatic heterocycles. The minimum absolute atomic E-state index is 0.0475. The second-order valence-corrected chi connectivity index (χ2v) is 2.31. The Morgan fingerprint density at radius 1 is 1.45 bits per heavy atom. The van der Waals surface area contributed by atoms with E-state index < -0.39 is 0 Å². The molecule has 0 radical (unpaired) electrons. The van der Waals surface area contributed by atoms with Crippen molar-refractivity contribution in [3.63, 3.8) is 0 Å². The van der Waals surface area contributed by atoms with E-state index in [1.54, 1.807) is 0 Å². The van der Waals surface area contributed by atoms with Crippen molar-refractivity contribution < 1.29 is 0 Å². The fourth-order valence-corrected chi connectivity index (χ4v) is 0.725. The molecule has 0 rings (SSSR count). The smallest absolute Gasteiger partial charge is 0.0950 e. The average Bonchev–Trinajstić information content (AvgIpc) is 2.05. The number of hydrogen-bond donors (Lipinski definition) is 1. The van der Waals surface area contributed by atoms with Gasteiger partial charge >= 0.3 is 0 Å². The van der Waals surface area contributed by atoms with Crippen LogP contribution in [0.2, 0.25) is 0 Å². The molecule has 0 aromatic rings. The average molecular weight is 151 g/mol. The molecule has 0 bridgehead atoms. The Labute approximate surface area is 67.6 Å². The van der Waals surface area contributed by atoms with Gasteiger partial charge in [-0.05, 0) is 19.4 Å². The van der Waals surface area contributed by atoms with E-state index in [4.69, 9.17) is 10.5 Å². The summed E-state index contributed by atoms with van der Waals surface area (Å²) < 4.78 is 0. The van der Waals surface area contributed by atoms with Gasteiger partial charge in [-0.3, -0.25) is 0 Å². The number of rotatable bonds is 5. The van der Waals surface area contributed by atoms with Gasteiger partial charge in [0.2, 0.25) is 0 Å². The van der Waals surface area contributed by atoms with Crippen molar-refractivity contribution in [3.8, 4) is 12.1 Å². The van der Waals surface area contributed by atoms with Gasteiger partial charge in [-0.2, -0.15) is 10.5 Å². The van der Waals surface area contributed by atoms with Crippen LogP contribution in [-0.4, -0.2) is 12.6 Å². The lowest BCUT2D eigenvalue weighted by Gasteiger charge is -2.06. The number of nitrogens with zero attached hydrogens (tertiary/aromatic N) is 2. The predicted octanol–water partition coefficient (Wildman–Crippen LogP) is 1.18. The van der Waals surface area contributed by atoms with Gasteiger partial charge in [0.05, 0.1) is 18.2 Å². The van der Waals surface area contributed by atoms with E-state index in [0.717, 1.165) is 19.4 Å². The van der Waals surface area contributed by atoms with E-state index in [-0.39, 0.29) is 6.04 Å². The number of nitriles is 2. The van der Waals surface area contributed by atoms with Crippen LogP contribution in [-0.2, 0) is 0 Å². The lowest BCUT2D eigenvalue weighted by Crippen LogP contribution is -2.27. The molecule has 0 aromatic carbocycles. The van der Waals surface area contributed by atoms with Crippen LogP contribution in [0.1, 0.15) is 26.2 Å². The lowest BCUT2D eigenvalue weighted by atomic mass is 10.2. The van der Waals surface area contributed by atoms with Gasteiger partial charge in [0.1, 0.15) is 0 Å². The van der Waals surface area contributed by atoms with Gasteiger partial charge < -0.3 is 5.32 Å². The van der Waals surface area contributed by atoms with E-state index in [1.165, 1.54) is 0 Å². The largest absolute Gasteiger partial charge is 0.302 e. The molecule has 0 amide bonds. The zero-order chi connectivity index (χ0) is 8.53. The molecule has 0 fully saturated rings. The monoisotopic (exact) mass is 151 g/mol. The van der Waals surface area contributed by atoms with Gasteiger partial charge in [-0.25, -0.2) is 0 Å². The first kappa shape index (κ1) is 9.94. The Balaban J connectivity index is 3.25. The summed E-state index contributed by atoms with van der Waals surface area (Å²) in [4.78, 5) is 0. The molecule has 0 saturated carbocycles. The fourth-order valence-electron chi connectivity index (χ4n) is 0.725. The van der Waals surface area contributed by atoms with Crippen molar-refractivity contribution >= 4 is 0 Å². The first-order valence-electron chi connectivity index (χ1n) is 3.85. The normalized spacial score (nSPS) is 11.5. The molecular weight excluding hydrogens is 138 g/mol. The molecule has 0 spiro atoms. The maximum Gasteiger partial charge on any atom is 0.0950 e. The Hall–Kier alpha value is -1.06. The Bertz CT molecular complexity index is 163. The van der Waals surface area contributed by atoms with Crippen LogP contribution in [0.15, 0.2) is 0 Å². The minimum Gasteiger partial charge on any atom is -0.302 e. The Morgan fingerprint density at radius 2 is 2.18 bits per heavy atom. The van der Waals surface area contributed by atoms with Crippen LogP contribution in [0.3, 0.4) is 0 Å². The molecule has 1 N–H and O–H groups in total. The molecule has 1 unspecified atom stereocenters. The number of hydrogen-bond acceptors (Lipinski definition) is 3.